The molecule has 0 bridgehead atoms. The van der Waals surface area contributed by atoms with Crippen molar-refractivity contribution in [1.29, 1.82) is 0 Å². The lowest BCUT2D eigenvalue weighted by atomic mass is 10.1. The first-order valence-corrected chi connectivity index (χ1v) is 5.93. The van der Waals surface area contributed by atoms with Gasteiger partial charge in [-0.25, -0.2) is 0 Å². The SMILES string of the molecule is CCOCCNc1ccc2c(c1)C(=O)N(C)C2=O. The molecule has 5 nitrogen and oxygen atoms in total. The van der Waals surface area contributed by atoms with Crippen molar-refractivity contribution >= 4 is 17.5 Å². The van der Waals surface area contributed by atoms with Crippen molar-refractivity contribution in [3.05, 3.63) is 29.3 Å². The van der Waals surface area contributed by atoms with Crippen LogP contribution < -0.4 is 5.32 Å². The van der Waals surface area contributed by atoms with Gasteiger partial charge in [0.15, 0.2) is 0 Å². The Hall–Kier alpha value is -1.88. The van der Waals surface area contributed by atoms with Gasteiger partial charge in [-0.1, -0.05) is 0 Å². The number of fused-ring (bicyclic) bond motifs is 1. The largest absolute Gasteiger partial charge is 0.383 e. The van der Waals surface area contributed by atoms with E-state index in [0.717, 1.165) is 10.6 Å². The van der Waals surface area contributed by atoms with Crippen LogP contribution in [0.15, 0.2) is 18.2 Å². The summed E-state index contributed by atoms with van der Waals surface area (Å²) in [6, 6.07) is 5.20. The molecular weight excluding hydrogens is 232 g/mol. The van der Waals surface area contributed by atoms with Crippen LogP contribution in [0, 0.1) is 0 Å². The van der Waals surface area contributed by atoms with Crippen LogP contribution in [0.5, 0.6) is 0 Å². The van der Waals surface area contributed by atoms with Crippen molar-refractivity contribution in [2.75, 3.05) is 32.1 Å². The second-order valence-electron chi connectivity index (χ2n) is 4.05. The minimum Gasteiger partial charge on any atom is -0.383 e. The highest BCUT2D eigenvalue weighted by Gasteiger charge is 2.32. The zero-order chi connectivity index (χ0) is 13.1. The lowest BCUT2D eigenvalue weighted by Gasteiger charge is -2.07. The third kappa shape index (κ3) is 2.22. The summed E-state index contributed by atoms with van der Waals surface area (Å²) in [4.78, 5) is 24.6. The number of imide groups is 1. The molecule has 0 saturated carbocycles. The number of nitrogens with zero attached hydrogens (tertiary/aromatic N) is 1. The number of carbonyl (C=O) groups excluding carboxylic acids is 2. The Labute approximate surface area is 106 Å². The van der Waals surface area contributed by atoms with Gasteiger partial charge >= 0.3 is 0 Å². The Morgan fingerprint density at radius 3 is 2.67 bits per heavy atom. The highest BCUT2D eigenvalue weighted by atomic mass is 16.5. The minimum atomic E-state index is -0.247. The van der Waals surface area contributed by atoms with Crippen LogP contribution in [-0.4, -0.2) is 43.5 Å². The maximum atomic E-state index is 11.8. The van der Waals surface area contributed by atoms with Gasteiger partial charge in [0.25, 0.3) is 11.8 Å². The molecule has 0 radical (unpaired) electrons. The molecule has 1 heterocycles. The van der Waals surface area contributed by atoms with Crippen LogP contribution in [0.2, 0.25) is 0 Å². The number of carbonyl (C=O) groups is 2. The van der Waals surface area contributed by atoms with E-state index < -0.39 is 0 Å². The van der Waals surface area contributed by atoms with Crippen LogP contribution in [0.3, 0.4) is 0 Å². The number of nitrogens with one attached hydrogen (secondary N) is 1. The van der Waals surface area contributed by atoms with Crippen LogP contribution in [0.1, 0.15) is 27.6 Å². The molecule has 1 aliphatic rings. The highest BCUT2D eigenvalue weighted by Crippen LogP contribution is 2.24. The second kappa shape index (κ2) is 5.18. The molecule has 0 saturated heterocycles. The van der Waals surface area contributed by atoms with Gasteiger partial charge in [0.2, 0.25) is 0 Å². The average molecular weight is 248 g/mol. The summed E-state index contributed by atoms with van der Waals surface area (Å²) in [6.07, 6.45) is 0. The van der Waals surface area contributed by atoms with Crippen molar-refractivity contribution < 1.29 is 14.3 Å². The van der Waals surface area contributed by atoms with Gasteiger partial charge in [-0.15, -0.1) is 0 Å². The molecule has 1 N–H and O–H groups in total. The van der Waals surface area contributed by atoms with Crippen molar-refractivity contribution in [2.45, 2.75) is 6.92 Å². The van der Waals surface area contributed by atoms with Gasteiger partial charge in [-0.05, 0) is 25.1 Å². The predicted molar refractivity (Wildman–Crippen MR) is 67.8 cm³/mol. The third-order valence-electron chi connectivity index (χ3n) is 2.87. The van der Waals surface area contributed by atoms with E-state index in [9.17, 15) is 9.59 Å². The molecule has 5 heteroatoms. The van der Waals surface area contributed by atoms with Gasteiger partial charge in [0, 0.05) is 25.9 Å². The Bertz CT molecular complexity index is 485. The zero-order valence-electron chi connectivity index (χ0n) is 10.5. The van der Waals surface area contributed by atoms with E-state index in [4.69, 9.17) is 4.74 Å². The number of ether oxygens (including phenoxy) is 1. The summed E-state index contributed by atoms with van der Waals surface area (Å²) in [5, 5.41) is 3.15. The first kappa shape index (κ1) is 12.6. The van der Waals surface area contributed by atoms with E-state index in [1.165, 1.54) is 7.05 Å². The lowest BCUT2D eigenvalue weighted by Crippen LogP contribution is -2.24. The lowest BCUT2D eigenvalue weighted by molar-refractivity contribution is 0.0693. The van der Waals surface area contributed by atoms with Crippen LogP contribution in [0.4, 0.5) is 5.69 Å². The average Bonchev–Trinajstić information content (AvgIpc) is 2.60. The van der Waals surface area contributed by atoms with Crippen LogP contribution in [0.25, 0.3) is 0 Å². The molecule has 0 fully saturated rings. The summed E-state index contributed by atoms with van der Waals surface area (Å²) in [6.45, 7) is 3.91. The zero-order valence-corrected chi connectivity index (χ0v) is 10.5. The number of benzene rings is 1. The Morgan fingerprint density at radius 2 is 1.94 bits per heavy atom. The third-order valence-corrected chi connectivity index (χ3v) is 2.87. The number of anilines is 1. The molecule has 0 unspecified atom stereocenters. The molecule has 0 spiro atoms. The predicted octanol–water partition coefficient (Wildman–Crippen LogP) is 1.36. The molecule has 2 rings (SSSR count). The molecule has 1 aliphatic heterocycles. The van der Waals surface area contributed by atoms with E-state index >= 15 is 0 Å². The first-order chi connectivity index (χ1) is 8.65. The summed E-state index contributed by atoms with van der Waals surface area (Å²) in [5.74, 6) is -0.487. The van der Waals surface area contributed by atoms with Crippen molar-refractivity contribution in [3.63, 3.8) is 0 Å². The van der Waals surface area contributed by atoms with Crippen molar-refractivity contribution in [2.24, 2.45) is 0 Å². The van der Waals surface area contributed by atoms with E-state index in [1.54, 1.807) is 18.2 Å². The molecule has 0 aliphatic carbocycles. The fourth-order valence-corrected chi connectivity index (χ4v) is 1.88. The van der Waals surface area contributed by atoms with Crippen LogP contribution in [-0.2, 0) is 4.74 Å². The highest BCUT2D eigenvalue weighted by molar-refractivity contribution is 6.21. The standard InChI is InChI=1S/C13H16N2O3/c1-3-18-7-6-14-9-4-5-10-11(8-9)13(17)15(2)12(10)16/h4-5,8,14H,3,6-7H2,1-2H3. The van der Waals surface area contributed by atoms with Crippen LogP contribution >= 0.6 is 0 Å². The monoisotopic (exact) mass is 248 g/mol. The van der Waals surface area contributed by atoms with Crippen molar-refractivity contribution in [1.82, 2.24) is 4.90 Å². The summed E-state index contributed by atoms with van der Waals surface area (Å²) >= 11 is 0. The normalized spacial score (nSPS) is 14.0. The molecule has 1 aromatic carbocycles. The maximum absolute atomic E-state index is 11.8. The summed E-state index contributed by atoms with van der Waals surface area (Å²) in [5.41, 5.74) is 1.76. The van der Waals surface area contributed by atoms with Gasteiger partial charge < -0.3 is 10.1 Å². The molecule has 1 aromatic rings. The van der Waals surface area contributed by atoms with E-state index in [2.05, 4.69) is 5.32 Å². The number of hydrogen-bond acceptors (Lipinski definition) is 4. The fourth-order valence-electron chi connectivity index (χ4n) is 1.88. The van der Waals surface area contributed by atoms with Crippen molar-refractivity contribution in [3.8, 4) is 0 Å². The number of rotatable bonds is 5. The quantitative estimate of drug-likeness (QED) is 0.631. The minimum absolute atomic E-state index is 0.240. The number of hydrogen-bond donors (Lipinski definition) is 1. The molecule has 2 amide bonds. The van der Waals surface area contributed by atoms with Gasteiger partial charge in [0.1, 0.15) is 0 Å². The molecule has 96 valence electrons. The van der Waals surface area contributed by atoms with E-state index in [-0.39, 0.29) is 11.8 Å². The van der Waals surface area contributed by atoms with Gasteiger partial charge in [-0.3, -0.25) is 14.5 Å². The smallest absolute Gasteiger partial charge is 0.261 e. The Kier molecular flexibility index (Phi) is 3.62. The van der Waals surface area contributed by atoms with E-state index in [1.807, 2.05) is 6.92 Å². The fraction of sp³-hybridized carbons (Fsp3) is 0.385. The second-order valence-corrected chi connectivity index (χ2v) is 4.05. The molecular formula is C13H16N2O3. The molecule has 0 aromatic heterocycles. The Balaban J connectivity index is 2.09. The van der Waals surface area contributed by atoms with Gasteiger partial charge in [0.05, 0.1) is 17.7 Å². The summed E-state index contributed by atoms with van der Waals surface area (Å²) in [7, 11) is 1.49. The number of amides is 2. The topological polar surface area (TPSA) is 58.6 Å². The Morgan fingerprint density at radius 1 is 1.22 bits per heavy atom. The first-order valence-electron chi connectivity index (χ1n) is 5.93. The molecule has 0 atom stereocenters. The summed E-state index contributed by atoms with van der Waals surface area (Å²) < 4.78 is 5.21. The maximum Gasteiger partial charge on any atom is 0.261 e. The van der Waals surface area contributed by atoms with Gasteiger partial charge in [-0.2, -0.15) is 0 Å². The van der Waals surface area contributed by atoms with E-state index in [0.29, 0.717) is 30.9 Å². The molecule has 18 heavy (non-hydrogen) atoms.